The molecule has 0 aliphatic heterocycles. The molecule has 2 aromatic rings. The second-order valence-corrected chi connectivity index (χ2v) is 4.51. The number of benzene rings is 1. The Morgan fingerprint density at radius 2 is 2.28 bits per heavy atom. The highest BCUT2D eigenvalue weighted by Crippen LogP contribution is 2.17. The van der Waals surface area contributed by atoms with Gasteiger partial charge in [0.25, 0.3) is 0 Å². The van der Waals surface area contributed by atoms with Crippen molar-refractivity contribution in [2.75, 3.05) is 5.32 Å². The molecule has 0 radical (unpaired) electrons. The van der Waals surface area contributed by atoms with E-state index >= 15 is 0 Å². The molecule has 5 heteroatoms. The summed E-state index contributed by atoms with van der Waals surface area (Å²) in [5, 5.41) is 9.90. The van der Waals surface area contributed by atoms with Crippen molar-refractivity contribution < 1.29 is 4.79 Å². The molecule has 0 fully saturated rings. The summed E-state index contributed by atoms with van der Waals surface area (Å²) in [6.45, 7) is 1.96. The molecule has 1 amide bonds. The van der Waals surface area contributed by atoms with E-state index in [1.54, 1.807) is 12.3 Å². The van der Waals surface area contributed by atoms with Gasteiger partial charge in [-0.3, -0.25) is 9.89 Å². The minimum atomic E-state index is -0.0454. The number of rotatable bonds is 4. The molecule has 0 saturated heterocycles. The van der Waals surface area contributed by atoms with E-state index in [-0.39, 0.29) is 5.91 Å². The third-order valence-electron chi connectivity index (χ3n) is 2.65. The lowest BCUT2D eigenvalue weighted by Gasteiger charge is -2.04. The molecule has 0 aliphatic carbocycles. The van der Waals surface area contributed by atoms with E-state index < -0.39 is 0 Å². The average molecular weight is 264 g/mol. The van der Waals surface area contributed by atoms with Crippen LogP contribution in [0.3, 0.4) is 0 Å². The molecule has 2 N–H and O–H groups in total. The van der Waals surface area contributed by atoms with Gasteiger partial charge in [-0.15, -0.1) is 0 Å². The topological polar surface area (TPSA) is 57.8 Å². The Bertz CT molecular complexity index is 537. The molecule has 1 aromatic heterocycles. The van der Waals surface area contributed by atoms with Crippen LogP contribution >= 0.6 is 11.6 Å². The molecule has 0 saturated carbocycles. The largest absolute Gasteiger partial charge is 0.311 e. The summed E-state index contributed by atoms with van der Waals surface area (Å²) < 4.78 is 0. The SMILES string of the molecule is Cc1ccc(CCC(=O)Nc2ccn[nH]2)cc1Cl. The standard InChI is InChI=1S/C13H14ClN3O/c1-9-2-3-10(8-11(9)14)4-5-13(18)16-12-6-7-15-17-12/h2-3,6-8H,4-5H2,1H3,(H2,15,16,17,18). The van der Waals surface area contributed by atoms with Gasteiger partial charge in [0.2, 0.25) is 5.91 Å². The Kier molecular flexibility index (Phi) is 3.99. The van der Waals surface area contributed by atoms with Crippen LogP contribution in [0.25, 0.3) is 0 Å². The lowest BCUT2D eigenvalue weighted by molar-refractivity contribution is -0.116. The molecule has 0 unspecified atom stereocenters. The monoisotopic (exact) mass is 263 g/mol. The number of amides is 1. The van der Waals surface area contributed by atoms with E-state index in [0.29, 0.717) is 18.7 Å². The van der Waals surface area contributed by atoms with E-state index in [2.05, 4.69) is 15.5 Å². The van der Waals surface area contributed by atoms with Crippen molar-refractivity contribution in [1.29, 1.82) is 0 Å². The van der Waals surface area contributed by atoms with Crippen molar-refractivity contribution in [1.82, 2.24) is 10.2 Å². The smallest absolute Gasteiger partial charge is 0.225 e. The Balaban J connectivity index is 1.87. The number of aromatic nitrogens is 2. The normalized spacial score (nSPS) is 10.3. The number of nitrogens with zero attached hydrogens (tertiary/aromatic N) is 1. The molecule has 0 aliphatic rings. The van der Waals surface area contributed by atoms with Crippen LogP contribution in [0.4, 0.5) is 5.82 Å². The Morgan fingerprint density at radius 3 is 2.94 bits per heavy atom. The van der Waals surface area contributed by atoms with Gasteiger partial charge in [-0.2, -0.15) is 5.10 Å². The third kappa shape index (κ3) is 3.34. The lowest BCUT2D eigenvalue weighted by atomic mass is 10.1. The van der Waals surface area contributed by atoms with Gasteiger partial charge in [-0.05, 0) is 30.5 Å². The first-order chi connectivity index (χ1) is 8.65. The lowest BCUT2D eigenvalue weighted by Crippen LogP contribution is -2.12. The maximum absolute atomic E-state index is 11.6. The zero-order valence-electron chi connectivity index (χ0n) is 10.0. The number of halogens is 1. The van der Waals surface area contributed by atoms with E-state index in [0.717, 1.165) is 16.1 Å². The second kappa shape index (κ2) is 5.69. The molecule has 94 valence electrons. The number of hydrogen-bond acceptors (Lipinski definition) is 2. The number of anilines is 1. The van der Waals surface area contributed by atoms with Crippen molar-refractivity contribution in [2.24, 2.45) is 0 Å². The van der Waals surface area contributed by atoms with Gasteiger partial charge in [0.1, 0.15) is 5.82 Å². The van der Waals surface area contributed by atoms with Crippen molar-refractivity contribution >= 4 is 23.3 Å². The Morgan fingerprint density at radius 1 is 1.44 bits per heavy atom. The number of carbonyl (C=O) groups excluding carboxylic acids is 1. The summed E-state index contributed by atoms with van der Waals surface area (Å²) in [6.07, 6.45) is 2.67. The quantitative estimate of drug-likeness (QED) is 0.891. The molecule has 0 atom stereocenters. The molecule has 18 heavy (non-hydrogen) atoms. The van der Waals surface area contributed by atoms with Crippen molar-refractivity contribution in [2.45, 2.75) is 19.8 Å². The van der Waals surface area contributed by atoms with Crippen LogP contribution in [0, 0.1) is 6.92 Å². The number of H-pyrrole nitrogens is 1. The zero-order chi connectivity index (χ0) is 13.0. The molecule has 1 heterocycles. The molecular weight excluding hydrogens is 250 g/mol. The van der Waals surface area contributed by atoms with Crippen LogP contribution in [0.5, 0.6) is 0 Å². The van der Waals surface area contributed by atoms with Gasteiger partial charge < -0.3 is 5.32 Å². The van der Waals surface area contributed by atoms with Crippen LogP contribution in [0.15, 0.2) is 30.5 Å². The number of aromatic amines is 1. The Hall–Kier alpha value is -1.81. The maximum Gasteiger partial charge on any atom is 0.225 e. The number of hydrogen-bond donors (Lipinski definition) is 2. The predicted molar refractivity (Wildman–Crippen MR) is 71.7 cm³/mol. The minimum Gasteiger partial charge on any atom is -0.311 e. The highest BCUT2D eigenvalue weighted by atomic mass is 35.5. The fourth-order valence-electron chi connectivity index (χ4n) is 1.59. The third-order valence-corrected chi connectivity index (χ3v) is 3.06. The van der Waals surface area contributed by atoms with Crippen molar-refractivity contribution in [3.8, 4) is 0 Å². The van der Waals surface area contributed by atoms with Gasteiger partial charge in [0, 0.05) is 17.5 Å². The predicted octanol–water partition coefficient (Wildman–Crippen LogP) is 2.94. The van der Waals surface area contributed by atoms with Crippen molar-refractivity contribution in [3.05, 3.63) is 46.6 Å². The van der Waals surface area contributed by atoms with Gasteiger partial charge in [0.15, 0.2) is 0 Å². The summed E-state index contributed by atoms with van der Waals surface area (Å²) in [7, 11) is 0. The number of nitrogens with one attached hydrogen (secondary N) is 2. The first-order valence-corrected chi connectivity index (χ1v) is 6.07. The molecule has 2 rings (SSSR count). The van der Waals surface area contributed by atoms with Crippen LogP contribution < -0.4 is 5.32 Å². The molecule has 0 bridgehead atoms. The van der Waals surface area contributed by atoms with Crippen LogP contribution in [-0.4, -0.2) is 16.1 Å². The highest BCUT2D eigenvalue weighted by molar-refractivity contribution is 6.31. The first kappa shape index (κ1) is 12.6. The maximum atomic E-state index is 11.6. The van der Waals surface area contributed by atoms with Crippen LogP contribution in [0.1, 0.15) is 17.5 Å². The van der Waals surface area contributed by atoms with Gasteiger partial charge in [-0.1, -0.05) is 23.7 Å². The van der Waals surface area contributed by atoms with E-state index in [1.165, 1.54) is 0 Å². The first-order valence-electron chi connectivity index (χ1n) is 5.69. The van der Waals surface area contributed by atoms with Crippen molar-refractivity contribution in [3.63, 3.8) is 0 Å². The zero-order valence-corrected chi connectivity index (χ0v) is 10.8. The number of carbonyl (C=O) groups is 1. The average Bonchev–Trinajstić information content (AvgIpc) is 2.83. The minimum absolute atomic E-state index is 0.0454. The Labute approximate surface area is 110 Å². The van der Waals surface area contributed by atoms with E-state index in [1.807, 2.05) is 25.1 Å². The fraction of sp³-hybridized carbons (Fsp3) is 0.231. The summed E-state index contributed by atoms with van der Waals surface area (Å²) in [5.41, 5.74) is 2.10. The fourth-order valence-corrected chi connectivity index (χ4v) is 1.79. The molecular formula is C13H14ClN3O. The summed E-state index contributed by atoms with van der Waals surface area (Å²) in [6, 6.07) is 7.57. The van der Waals surface area contributed by atoms with E-state index in [4.69, 9.17) is 11.6 Å². The molecule has 0 spiro atoms. The number of aryl methyl sites for hydroxylation is 2. The molecule has 4 nitrogen and oxygen atoms in total. The van der Waals surface area contributed by atoms with Crippen LogP contribution in [0.2, 0.25) is 5.02 Å². The molecule has 1 aromatic carbocycles. The summed E-state index contributed by atoms with van der Waals surface area (Å²) in [4.78, 5) is 11.6. The van der Waals surface area contributed by atoms with Gasteiger partial charge in [0.05, 0.1) is 6.20 Å². The van der Waals surface area contributed by atoms with E-state index in [9.17, 15) is 4.79 Å². The highest BCUT2D eigenvalue weighted by Gasteiger charge is 2.04. The van der Waals surface area contributed by atoms with Gasteiger partial charge >= 0.3 is 0 Å². The van der Waals surface area contributed by atoms with Gasteiger partial charge in [-0.25, -0.2) is 0 Å². The summed E-state index contributed by atoms with van der Waals surface area (Å²) >= 11 is 6.03. The van der Waals surface area contributed by atoms with Crippen LogP contribution in [-0.2, 0) is 11.2 Å². The summed E-state index contributed by atoms with van der Waals surface area (Å²) in [5.74, 6) is 0.567. The second-order valence-electron chi connectivity index (χ2n) is 4.10.